The molecule has 1 aromatic heterocycles. The smallest absolute Gasteiger partial charge is 0.295 e. The Morgan fingerprint density at radius 3 is 2.75 bits per heavy atom. The van der Waals surface area contributed by atoms with Gasteiger partial charge in [-0.05, 0) is 31.5 Å². The summed E-state index contributed by atoms with van der Waals surface area (Å²) >= 11 is 0. The molecule has 2 aromatic rings. The van der Waals surface area contributed by atoms with Gasteiger partial charge in [-0.3, -0.25) is 4.90 Å². The van der Waals surface area contributed by atoms with Crippen molar-refractivity contribution in [2.75, 3.05) is 6.61 Å². The molecule has 5 nitrogen and oxygen atoms in total. The molecule has 4 rings (SSSR count). The topological polar surface area (TPSA) is 56.3 Å². The van der Waals surface area contributed by atoms with E-state index in [1.165, 1.54) is 0 Å². The number of hydrogen-bond acceptors (Lipinski definition) is 4. The highest BCUT2D eigenvalue weighted by molar-refractivity contribution is 5.25. The van der Waals surface area contributed by atoms with E-state index < -0.39 is 30.2 Å². The minimum absolute atomic E-state index is 0.0441. The molecule has 9 heteroatoms. The third-order valence-electron chi connectivity index (χ3n) is 5.58. The molecule has 28 heavy (non-hydrogen) atoms. The number of benzene rings is 1. The summed E-state index contributed by atoms with van der Waals surface area (Å²) in [6.07, 6.45) is -2.80. The van der Waals surface area contributed by atoms with E-state index in [1.54, 1.807) is 4.57 Å². The molecule has 1 saturated heterocycles. The molecule has 1 aromatic carbocycles. The van der Waals surface area contributed by atoms with Crippen LogP contribution in [-0.2, 0) is 24.4 Å². The van der Waals surface area contributed by atoms with Crippen LogP contribution in [0, 0.1) is 11.6 Å². The van der Waals surface area contributed by atoms with Gasteiger partial charge in [0.1, 0.15) is 17.7 Å². The molecule has 0 saturated carbocycles. The molecule has 152 valence electrons. The van der Waals surface area contributed by atoms with E-state index in [-0.39, 0.29) is 17.4 Å². The molecule has 0 spiro atoms. The summed E-state index contributed by atoms with van der Waals surface area (Å²) in [7, 11) is 0. The second kappa shape index (κ2) is 7.46. The van der Waals surface area contributed by atoms with Gasteiger partial charge in [-0.25, -0.2) is 22.5 Å². The van der Waals surface area contributed by atoms with Gasteiger partial charge in [-0.1, -0.05) is 0 Å². The lowest BCUT2D eigenvalue weighted by Crippen LogP contribution is -2.48. The van der Waals surface area contributed by atoms with Gasteiger partial charge < -0.3 is 15.0 Å². The van der Waals surface area contributed by atoms with Gasteiger partial charge in [0.15, 0.2) is 5.82 Å². The molecule has 3 heterocycles. The van der Waals surface area contributed by atoms with Crippen molar-refractivity contribution in [2.24, 2.45) is 5.73 Å². The maximum absolute atomic E-state index is 14.1. The van der Waals surface area contributed by atoms with Crippen LogP contribution in [0.2, 0.25) is 0 Å². The molecule has 0 aliphatic carbocycles. The Morgan fingerprint density at radius 2 is 2.07 bits per heavy atom. The van der Waals surface area contributed by atoms with Crippen molar-refractivity contribution in [1.29, 1.82) is 0 Å². The zero-order chi connectivity index (χ0) is 20.0. The minimum Gasteiger partial charge on any atom is -0.370 e. The monoisotopic (exact) mass is 398 g/mol. The summed E-state index contributed by atoms with van der Waals surface area (Å²) in [5.41, 5.74) is 7.80. The standard InChI is InChI=1S/C19H22F4N4O/c1-2-27-16-8-26(7-15(16)25-19(27)18(22)23)11-6-14(24)17(28-9-11)12-5-10(20)3-4-13(12)21/h3-5,11,14,17-18H,2,6-9,24H2,1H3/t11-,14+,17-/m1/s1. The quantitative estimate of drug-likeness (QED) is 0.803. The second-order valence-electron chi connectivity index (χ2n) is 7.29. The molecule has 1 fully saturated rings. The molecule has 0 bridgehead atoms. The number of halogens is 4. The maximum Gasteiger partial charge on any atom is 0.295 e. The number of ether oxygens (including phenoxy) is 1. The number of rotatable bonds is 4. The molecule has 0 unspecified atom stereocenters. The van der Waals surface area contributed by atoms with E-state index in [4.69, 9.17) is 10.5 Å². The van der Waals surface area contributed by atoms with Crippen molar-refractivity contribution in [1.82, 2.24) is 14.5 Å². The predicted molar refractivity (Wildman–Crippen MR) is 93.5 cm³/mol. The van der Waals surface area contributed by atoms with Crippen LogP contribution in [0.15, 0.2) is 18.2 Å². The third kappa shape index (κ3) is 3.31. The van der Waals surface area contributed by atoms with Gasteiger partial charge >= 0.3 is 0 Å². The molecule has 2 aliphatic rings. The average molecular weight is 398 g/mol. The number of alkyl halides is 2. The Labute approximate surface area is 160 Å². The van der Waals surface area contributed by atoms with Gasteiger partial charge in [0.25, 0.3) is 6.43 Å². The van der Waals surface area contributed by atoms with E-state index in [2.05, 4.69) is 9.88 Å². The van der Waals surface area contributed by atoms with Gasteiger partial charge in [0.2, 0.25) is 0 Å². The van der Waals surface area contributed by atoms with Crippen LogP contribution in [0.3, 0.4) is 0 Å². The first-order valence-electron chi connectivity index (χ1n) is 9.31. The summed E-state index contributed by atoms with van der Waals surface area (Å²) in [5.74, 6) is -1.28. The molecule has 3 atom stereocenters. The Kier molecular flexibility index (Phi) is 5.15. The first-order chi connectivity index (χ1) is 13.4. The molecule has 2 aliphatic heterocycles. The lowest BCUT2D eigenvalue weighted by Gasteiger charge is -2.38. The Balaban J connectivity index is 1.46. The van der Waals surface area contributed by atoms with Crippen LogP contribution in [0.25, 0.3) is 0 Å². The van der Waals surface area contributed by atoms with Gasteiger partial charge in [-0.15, -0.1) is 0 Å². The maximum atomic E-state index is 14.1. The molecular weight excluding hydrogens is 376 g/mol. The second-order valence-corrected chi connectivity index (χ2v) is 7.29. The van der Waals surface area contributed by atoms with Gasteiger partial charge in [0.05, 0.1) is 18.0 Å². The third-order valence-corrected chi connectivity index (χ3v) is 5.58. The van der Waals surface area contributed by atoms with Crippen LogP contribution >= 0.6 is 0 Å². The lowest BCUT2D eigenvalue weighted by molar-refractivity contribution is -0.0536. The molecule has 0 amide bonds. The zero-order valence-electron chi connectivity index (χ0n) is 15.4. The minimum atomic E-state index is -2.60. The van der Waals surface area contributed by atoms with Crippen LogP contribution < -0.4 is 5.73 Å². The number of nitrogens with two attached hydrogens (primary N) is 1. The van der Waals surface area contributed by atoms with E-state index in [9.17, 15) is 17.6 Å². The van der Waals surface area contributed by atoms with Crippen LogP contribution in [0.4, 0.5) is 17.6 Å². The summed E-state index contributed by atoms with van der Waals surface area (Å²) in [6, 6.07) is 2.69. The van der Waals surface area contributed by atoms with Crippen LogP contribution in [0.1, 0.15) is 48.6 Å². The summed E-state index contributed by atoms with van der Waals surface area (Å²) < 4.78 is 61.2. The number of aromatic nitrogens is 2. The number of hydrogen-bond donors (Lipinski definition) is 1. The summed E-state index contributed by atoms with van der Waals surface area (Å²) in [5, 5.41) is 0. The fourth-order valence-electron chi connectivity index (χ4n) is 4.23. The normalized spacial score (nSPS) is 25.5. The van der Waals surface area contributed by atoms with E-state index in [0.717, 1.165) is 23.9 Å². The number of fused-ring (bicyclic) bond motifs is 1. The largest absolute Gasteiger partial charge is 0.370 e. The van der Waals surface area contributed by atoms with Gasteiger partial charge in [0, 0.05) is 37.3 Å². The first kappa shape index (κ1) is 19.4. The van der Waals surface area contributed by atoms with Crippen molar-refractivity contribution in [3.63, 3.8) is 0 Å². The zero-order valence-corrected chi connectivity index (χ0v) is 15.4. The SMILES string of the molecule is CCn1c(C(F)F)nc2c1CN([C@H]1CO[C@H](c3cc(F)ccc3F)[C@@H](N)C1)C2. The van der Waals surface area contributed by atoms with Crippen molar-refractivity contribution >= 4 is 0 Å². The summed E-state index contributed by atoms with van der Waals surface area (Å²) in [6.45, 7) is 3.47. The number of imidazole rings is 1. The molecule has 0 radical (unpaired) electrons. The Morgan fingerprint density at radius 1 is 1.29 bits per heavy atom. The van der Waals surface area contributed by atoms with E-state index in [1.807, 2.05) is 6.92 Å². The highest BCUT2D eigenvalue weighted by Gasteiger charge is 2.38. The first-order valence-corrected chi connectivity index (χ1v) is 9.31. The molecule has 2 N–H and O–H groups in total. The van der Waals surface area contributed by atoms with Gasteiger partial charge in [-0.2, -0.15) is 0 Å². The van der Waals surface area contributed by atoms with E-state index >= 15 is 0 Å². The predicted octanol–water partition coefficient (Wildman–Crippen LogP) is 3.29. The van der Waals surface area contributed by atoms with Crippen LogP contribution in [-0.4, -0.2) is 33.1 Å². The number of nitrogens with zero attached hydrogens (tertiary/aromatic N) is 3. The average Bonchev–Trinajstić information content (AvgIpc) is 3.21. The highest BCUT2D eigenvalue weighted by Crippen LogP contribution is 2.35. The van der Waals surface area contributed by atoms with Crippen molar-refractivity contribution in [3.05, 3.63) is 52.6 Å². The van der Waals surface area contributed by atoms with E-state index in [0.29, 0.717) is 38.4 Å². The van der Waals surface area contributed by atoms with Crippen molar-refractivity contribution < 1.29 is 22.3 Å². The summed E-state index contributed by atoms with van der Waals surface area (Å²) in [4.78, 5) is 6.21. The molecular formula is C19H22F4N4O. The Bertz CT molecular complexity index is 872. The van der Waals surface area contributed by atoms with Crippen molar-refractivity contribution in [2.45, 2.75) is 57.6 Å². The Hall–Kier alpha value is -1.97. The highest BCUT2D eigenvalue weighted by atomic mass is 19.3. The fraction of sp³-hybridized carbons (Fsp3) is 0.526. The van der Waals surface area contributed by atoms with Crippen LogP contribution in [0.5, 0.6) is 0 Å². The fourth-order valence-corrected chi connectivity index (χ4v) is 4.23. The lowest BCUT2D eigenvalue weighted by atomic mass is 9.93. The van der Waals surface area contributed by atoms with Crippen molar-refractivity contribution in [3.8, 4) is 0 Å².